The molecule has 0 aliphatic carbocycles. The third-order valence-corrected chi connectivity index (χ3v) is 3.69. The number of hydrogen-bond donors (Lipinski definition) is 1. The molecule has 0 spiro atoms. The van der Waals surface area contributed by atoms with E-state index in [0.717, 1.165) is 18.2 Å². The van der Waals surface area contributed by atoms with E-state index in [4.69, 9.17) is 0 Å². The lowest BCUT2D eigenvalue weighted by Crippen LogP contribution is -2.14. The fraction of sp³-hybridized carbons (Fsp3) is 0. The highest BCUT2D eigenvalue weighted by Gasteiger charge is 2.16. The van der Waals surface area contributed by atoms with Gasteiger partial charge in [0.1, 0.15) is 11.6 Å². The largest absolute Gasteiger partial charge is 0.319 e. The van der Waals surface area contributed by atoms with E-state index in [1.54, 1.807) is 48.5 Å². The topological polar surface area (TPSA) is 52.9 Å². The average molecular weight is 334 g/mol. The molecule has 3 aromatic carbocycles. The minimum Gasteiger partial charge on any atom is -0.319 e. The zero-order valence-electron chi connectivity index (χ0n) is 13.0. The molecule has 122 valence electrons. The molecule has 3 aromatic rings. The third-order valence-electron chi connectivity index (χ3n) is 3.69. The van der Waals surface area contributed by atoms with Crippen LogP contribution in [0.15, 0.2) is 66.7 Å². The highest BCUT2D eigenvalue weighted by atomic mass is 19.1. The number of hydrogen-bond acceptors (Lipinski definition) is 2. The molecule has 0 unspecified atom stereocenters. The molecule has 5 heteroatoms. The summed E-state index contributed by atoms with van der Waals surface area (Å²) in [6.45, 7) is 0. The standard InChI is InChI=1S/C20H12F2N2O/c21-14-9-10-18(22)19(11-14)24-20(25)17-8-4-3-7-16(17)15-6-2-1-5-13(15)12-23/h1-11H,(H,24,25). The molecule has 25 heavy (non-hydrogen) atoms. The second-order valence-corrected chi connectivity index (χ2v) is 5.28. The number of nitrogens with zero attached hydrogens (tertiary/aromatic N) is 1. The molecular formula is C20H12F2N2O. The van der Waals surface area contributed by atoms with Crippen molar-refractivity contribution in [2.45, 2.75) is 0 Å². The molecular weight excluding hydrogens is 322 g/mol. The average Bonchev–Trinajstić information content (AvgIpc) is 2.64. The Morgan fingerprint density at radius 1 is 0.920 bits per heavy atom. The zero-order valence-corrected chi connectivity index (χ0v) is 13.0. The zero-order chi connectivity index (χ0) is 17.8. The van der Waals surface area contributed by atoms with E-state index < -0.39 is 17.5 Å². The van der Waals surface area contributed by atoms with Crippen LogP contribution in [0.3, 0.4) is 0 Å². The lowest BCUT2D eigenvalue weighted by atomic mass is 9.95. The molecule has 0 saturated carbocycles. The van der Waals surface area contributed by atoms with Gasteiger partial charge in [-0.25, -0.2) is 8.78 Å². The molecule has 0 bridgehead atoms. The van der Waals surface area contributed by atoms with Crippen molar-refractivity contribution in [3.63, 3.8) is 0 Å². The molecule has 3 rings (SSSR count). The Kier molecular flexibility index (Phi) is 4.53. The van der Waals surface area contributed by atoms with Crippen LogP contribution in [0.2, 0.25) is 0 Å². The molecule has 1 N–H and O–H groups in total. The van der Waals surface area contributed by atoms with E-state index in [2.05, 4.69) is 11.4 Å². The minimum atomic E-state index is -0.732. The second-order valence-electron chi connectivity index (χ2n) is 5.28. The van der Waals surface area contributed by atoms with E-state index in [0.29, 0.717) is 16.7 Å². The van der Waals surface area contributed by atoms with Crippen molar-refractivity contribution in [1.29, 1.82) is 5.26 Å². The maximum Gasteiger partial charge on any atom is 0.256 e. The highest BCUT2D eigenvalue weighted by molar-refractivity contribution is 6.09. The molecule has 0 saturated heterocycles. The lowest BCUT2D eigenvalue weighted by Gasteiger charge is -2.12. The van der Waals surface area contributed by atoms with Gasteiger partial charge in [0.15, 0.2) is 0 Å². The number of halogens is 2. The van der Waals surface area contributed by atoms with Gasteiger partial charge < -0.3 is 5.32 Å². The summed E-state index contributed by atoms with van der Waals surface area (Å²) in [4.78, 5) is 12.6. The monoisotopic (exact) mass is 334 g/mol. The first kappa shape index (κ1) is 16.3. The van der Waals surface area contributed by atoms with Crippen LogP contribution in [0.5, 0.6) is 0 Å². The van der Waals surface area contributed by atoms with Gasteiger partial charge in [-0.15, -0.1) is 0 Å². The Hall–Kier alpha value is -3.52. The van der Waals surface area contributed by atoms with Crippen molar-refractivity contribution in [2.24, 2.45) is 0 Å². The Balaban J connectivity index is 2.03. The number of nitrogens with one attached hydrogen (secondary N) is 1. The number of anilines is 1. The molecule has 0 aromatic heterocycles. The van der Waals surface area contributed by atoms with Gasteiger partial charge in [0.2, 0.25) is 0 Å². The van der Waals surface area contributed by atoms with E-state index in [9.17, 15) is 18.8 Å². The molecule has 0 fully saturated rings. The van der Waals surface area contributed by atoms with Crippen LogP contribution in [0.1, 0.15) is 15.9 Å². The van der Waals surface area contributed by atoms with Crippen LogP contribution in [0, 0.1) is 23.0 Å². The van der Waals surface area contributed by atoms with Crippen LogP contribution >= 0.6 is 0 Å². The van der Waals surface area contributed by atoms with Crippen molar-refractivity contribution >= 4 is 11.6 Å². The van der Waals surface area contributed by atoms with Crippen molar-refractivity contribution in [1.82, 2.24) is 0 Å². The van der Waals surface area contributed by atoms with Gasteiger partial charge in [-0.05, 0) is 29.8 Å². The Morgan fingerprint density at radius 2 is 1.60 bits per heavy atom. The summed E-state index contributed by atoms with van der Waals surface area (Å²) in [5, 5.41) is 11.6. The van der Waals surface area contributed by atoms with E-state index in [1.165, 1.54) is 0 Å². The Labute approximate surface area is 143 Å². The van der Waals surface area contributed by atoms with E-state index >= 15 is 0 Å². The van der Waals surface area contributed by atoms with Crippen LogP contribution in [-0.2, 0) is 0 Å². The first-order chi connectivity index (χ1) is 12.1. The van der Waals surface area contributed by atoms with Crippen molar-refractivity contribution in [2.75, 3.05) is 5.32 Å². The number of benzene rings is 3. The predicted octanol–water partition coefficient (Wildman–Crippen LogP) is 4.76. The molecule has 0 heterocycles. The Bertz CT molecular complexity index is 993. The summed E-state index contributed by atoms with van der Waals surface area (Å²) in [5.41, 5.74) is 1.56. The molecule has 0 aliphatic heterocycles. The number of rotatable bonds is 3. The SMILES string of the molecule is N#Cc1ccccc1-c1ccccc1C(=O)Nc1cc(F)ccc1F. The number of carbonyl (C=O) groups excluding carboxylic acids is 1. The number of nitriles is 1. The van der Waals surface area contributed by atoms with Crippen LogP contribution in [-0.4, -0.2) is 5.91 Å². The first-order valence-electron chi connectivity index (χ1n) is 7.45. The summed E-state index contributed by atoms with van der Waals surface area (Å²) in [6, 6.07) is 18.5. The van der Waals surface area contributed by atoms with E-state index in [-0.39, 0.29) is 11.3 Å². The smallest absolute Gasteiger partial charge is 0.256 e. The second kappa shape index (κ2) is 6.93. The Morgan fingerprint density at radius 3 is 2.36 bits per heavy atom. The van der Waals surface area contributed by atoms with Gasteiger partial charge in [-0.2, -0.15) is 5.26 Å². The maximum atomic E-state index is 13.8. The van der Waals surface area contributed by atoms with Crippen LogP contribution < -0.4 is 5.32 Å². The first-order valence-corrected chi connectivity index (χ1v) is 7.45. The summed E-state index contributed by atoms with van der Waals surface area (Å²) in [6.07, 6.45) is 0. The van der Waals surface area contributed by atoms with Gasteiger partial charge in [0.25, 0.3) is 5.91 Å². The van der Waals surface area contributed by atoms with Crippen molar-refractivity contribution < 1.29 is 13.6 Å². The van der Waals surface area contributed by atoms with Crippen LogP contribution in [0.4, 0.5) is 14.5 Å². The van der Waals surface area contributed by atoms with Crippen molar-refractivity contribution in [3.05, 3.63) is 89.5 Å². The number of amides is 1. The van der Waals surface area contributed by atoms with Gasteiger partial charge >= 0.3 is 0 Å². The highest BCUT2D eigenvalue weighted by Crippen LogP contribution is 2.28. The quantitative estimate of drug-likeness (QED) is 0.751. The fourth-order valence-corrected chi connectivity index (χ4v) is 2.51. The van der Waals surface area contributed by atoms with Crippen molar-refractivity contribution in [3.8, 4) is 17.2 Å². The maximum absolute atomic E-state index is 13.8. The predicted molar refractivity (Wildman–Crippen MR) is 90.9 cm³/mol. The third kappa shape index (κ3) is 3.38. The summed E-state index contributed by atoms with van der Waals surface area (Å²) < 4.78 is 27.1. The molecule has 0 aliphatic rings. The fourth-order valence-electron chi connectivity index (χ4n) is 2.51. The number of carbonyl (C=O) groups is 1. The van der Waals surface area contributed by atoms with Gasteiger partial charge in [0, 0.05) is 17.2 Å². The van der Waals surface area contributed by atoms with E-state index in [1.807, 2.05) is 0 Å². The molecule has 3 nitrogen and oxygen atoms in total. The molecule has 1 amide bonds. The van der Waals surface area contributed by atoms with Gasteiger partial charge in [0.05, 0.1) is 17.3 Å². The van der Waals surface area contributed by atoms with Crippen LogP contribution in [0.25, 0.3) is 11.1 Å². The summed E-state index contributed by atoms with van der Waals surface area (Å²) >= 11 is 0. The minimum absolute atomic E-state index is 0.242. The lowest BCUT2D eigenvalue weighted by molar-refractivity contribution is 0.102. The summed E-state index contributed by atoms with van der Waals surface area (Å²) in [7, 11) is 0. The normalized spacial score (nSPS) is 10.1. The summed E-state index contributed by atoms with van der Waals surface area (Å²) in [5.74, 6) is -1.97. The van der Waals surface area contributed by atoms with Gasteiger partial charge in [-0.1, -0.05) is 36.4 Å². The molecule has 0 radical (unpaired) electrons. The van der Waals surface area contributed by atoms with Gasteiger partial charge in [-0.3, -0.25) is 4.79 Å². The molecule has 0 atom stereocenters.